The van der Waals surface area contributed by atoms with E-state index in [0.717, 1.165) is 29.1 Å². The van der Waals surface area contributed by atoms with E-state index in [1.807, 2.05) is 13.8 Å². The van der Waals surface area contributed by atoms with Gasteiger partial charge in [0.25, 0.3) is 0 Å². The smallest absolute Gasteiger partial charge is 0.248 e. The van der Waals surface area contributed by atoms with Crippen molar-refractivity contribution in [3.05, 3.63) is 71.8 Å². The number of hydrogen-bond acceptors (Lipinski definition) is 13. The molecule has 0 bridgehead atoms. The molecule has 2 aliphatic rings. The van der Waals surface area contributed by atoms with Gasteiger partial charge in [-0.15, -0.1) is 0 Å². The number of rotatable bonds is 9. The highest BCUT2D eigenvalue weighted by molar-refractivity contribution is 5.99. The lowest BCUT2D eigenvalue weighted by Gasteiger charge is -2.39. The fourth-order valence-electron chi connectivity index (χ4n) is 11.0. The molecule has 11 atom stereocenters. The molecule has 0 saturated carbocycles. The summed E-state index contributed by atoms with van der Waals surface area (Å²) >= 11 is 0. The van der Waals surface area contributed by atoms with Gasteiger partial charge in [0.05, 0.1) is 12.5 Å². The second kappa shape index (κ2) is 34.3. The number of likely N-dealkylation sites (tertiary alicyclic amines) is 1. The Morgan fingerprint density at radius 3 is 1.50 bits per heavy atom. The molecule has 25 nitrogen and oxygen atoms in total. The third-order valence-electron chi connectivity index (χ3n) is 17.5. The van der Waals surface area contributed by atoms with Crippen LogP contribution in [0.4, 0.5) is 0 Å². The van der Waals surface area contributed by atoms with Crippen LogP contribution in [-0.2, 0) is 70.4 Å². The lowest BCUT2D eigenvalue weighted by molar-refractivity contribution is -0.154. The Kier molecular flexibility index (Phi) is 28.4. The summed E-state index contributed by atoms with van der Waals surface area (Å²) in [6.07, 6.45) is 0.460. The Labute approximate surface area is 531 Å². The van der Waals surface area contributed by atoms with Crippen LogP contribution in [0.2, 0.25) is 0 Å². The number of nitrogens with zero attached hydrogens (tertiary/aromatic N) is 8. The van der Waals surface area contributed by atoms with E-state index in [2.05, 4.69) is 21.3 Å². The Bertz CT molecular complexity index is 2830. The summed E-state index contributed by atoms with van der Waals surface area (Å²) in [4.78, 5) is 182. The molecule has 0 unspecified atom stereocenters. The van der Waals surface area contributed by atoms with Crippen LogP contribution in [0.15, 0.2) is 60.7 Å². The Hall–Kier alpha value is -7.96. The van der Waals surface area contributed by atoms with Crippen molar-refractivity contribution in [2.75, 3.05) is 69.0 Å². The van der Waals surface area contributed by atoms with Gasteiger partial charge in [-0.2, -0.15) is 0 Å². The van der Waals surface area contributed by atoms with Crippen molar-refractivity contribution in [2.45, 2.75) is 187 Å². The van der Waals surface area contributed by atoms with Gasteiger partial charge in [-0.1, -0.05) is 88.4 Å². The zero-order chi connectivity index (χ0) is 67.6. The quantitative estimate of drug-likeness (QED) is 0.236. The van der Waals surface area contributed by atoms with Gasteiger partial charge in [0, 0.05) is 88.2 Å². The molecule has 2 aromatic rings. The van der Waals surface area contributed by atoms with Crippen molar-refractivity contribution in [3.8, 4) is 0 Å². The molecule has 90 heavy (non-hydrogen) atoms. The van der Waals surface area contributed by atoms with Crippen LogP contribution >= 0.6 is 0 Å². The van der Waals surface area contributed by atoms with E-state index >= 15 is 0 Å². The number of nitrogens with one attached hydrogen (secondary N) is 4. The van der Waals surface area contributed by atoms with Crippen molar-refractivity contribution >= 4 is 70.9 Å². The second-order valence-corrected chi connectivity index (χ2v) is 25.1. The minimum atomic E-state index is -1.65. The standard InChI is InChI=1S/C65H100N12O13/c1-39(2)35-50-62(87)71(11)42(6)57(82)66-41(5)56(81)67-49(61(86)77-33-24-19-25-34-77)38-53(80)70(10)32-26-31-52(79)74(14)51(37-47-29-22-18-23-30-47)63(88)72(12)44(8)59(84)69-54(45(9)78)64(89)73(13)43(7)58(83)68-48(36-46-27-20-17-21-28-46)60(85)76(16)55(40(3)4)65(90)75(50)15/h17-18,20-23,27-30,39-45,48-51,54-55,78H,19,24-26,31-38H2,1-16H3,(H,66,82)(H,67,81)(H,68,83)(H,69,84)/t41-,42-,43-,44-,45+,48-,49-,50-,51-,54-,55-/m0/s1. The number of piperidine rings is 1. The van der Waals surface area contributed by atoms with Gasteiger partial charge in [-0.25, -0.2) is 0 Å². The summed E-state index contributed by atoms with van der Waals surface area (Å²) < 4.78 is 0. The van der Waals surface area contributed by atoms with Gasteiger partial charge in [0.1, 0.15) is 60.4 Å². The van der Waals surface area contributed by atoms with E-state index in [1.54, 1.807) is 79.4 Å². The van der Waals surface area contributed by atoms with Gasteiger partial charge < -0.3 is 65.6 Å². The highest BCUT2D eigenvalue weighted by atomic mass is 16.3. The van der Waals surface area contributed by atoms with Crippen molar-refractivity contribution < 1.29 is 62.6 Å². The minimum absolute atomic E-state index is 0.0371. The lowest BCUT2D eigenvalue weighted by atomic mass is 9.96. The summed E-state index contributed by atoms with van der Waals surface area (Å²) in [5.41, 5.74) is 1.34. The molecule has 2 heterocycles. The number of benzene rings is 2. The summed E-state index contributed by atoms with van der Waals surface area (Å²) in [6.45, 7) is 15.0. The Balaban J connectivity index is 1.79. The number of carbonyl (C=O) groups excluding carboxylic acids is 12. The molecular formula is C65H100N12O13. The first-order chi connectivity index (χ1) is 42.2. The van der Waals surface area contributed by atoms with E-state index < -0.39 is 150 Å². The van der Waals surface area contributed by atoms with E-state index in [9.17, 15) is 62.6 Å². The zero-order valence-electron chi connectivity index (χ0n) is 55.7. The topological polar surface area (TPSA) is 299 Å². The van der Waals surface area contributed by atoms with E-state index in [4.69, 9.17) is 0 Å². The highest BCUT2D eigenvalue weighted by Crippen LogP contribution is 2.23. The highest BCUT2D eigenvalue weighted by Gasteiger charge is 2.43. The first-order valence-electron chi connectivity index (χ1n) is 31.3. The van der Waals surface area contributed by atoms with Crippen molar-refractivity contribution in [1.29, 1.82) is 0 Å². The van der Waals surface area contributed by atoms with Crippen LogP contribution in [0.1, 0.15) is 118 Å². The number of aliphatic hydroxyl groups is 1. The molecule has 2 saturated heterocycles. The van der Waals surface area contributed by atoms with Crippen LogP contribution < -0.4 is 21.3 Å². The maximum absolute atomic E-state index is 15.0. The average Bonchev–Trinajstić information content (AvgIpc) is 1.21. The molecule has 5 N–H and O–H groups in total. The van der Waals surface area contributed by atoms with Gasteiger partial charge >= 0.3 is 0 Å². The molecule has 0 spiro atoms. The number of likely N-dealkylation sites (N-methyl/N-ethyl adjacent to an activating group) is 6. The number of carbonyl (C=O) groups is 12. The zero-order valence-corrected chi connectivity index (χ0v) is 55.7. The summed E-state index contributed by atoms with van der Waals surface area (Å²) in [6, 6.07) is 4.74. The van der Waals surface area contributed by atoms with E-state index in [-0.39, 0.29) is 44.6 Å². The third-order valence-corrected chi connectivity index (χ3v) is 17.5. The van der Waals surface area contributed by atoms with Crippen molar-refractivity contribution in [1.82, 2.24) is 60.5 Å². The molecule has 2 aromatic carbocycles. The third kappa shape index (κ3) is 20.0. The van der Waals surface area contributed by atoms with Crippen molar-refractivity contribution in [3.63, 3.8) is 0 Å². The van der Waals surface area contributed by atoms with Crippen LogP contribution in [0.25, 0.3) is 0 Å². The molecule has 4 rings (SSSR count). The predicted octanol–water partition coefficient (Wildman–Crippen LogP) is 1.19. The molecule has 25 heteroatoms. The molecule has 2 aliphatic heterocycles. The number of amides is 12. The van der Waals surface area contributed by atoms with Crippen LogP contribution in [0.3, 0.4) is 0 Å². The maximum Gasteiger partial charge on any atom is 0.248 e. The van der Waals surface area contributed by atoms with Crippen LogP contribution in [-0.4, -0.2) is 251 Å². The van der Waals surface area contributed by atoms with Crippen LogP contribution in [0, 0.1) is 11.8 Å². The Morgan fingerprint density at radius 2 is 0.989 bits per heavy atom. The molecule has 498 valence electrons. The molecular weight excluding hydrogens is 1160 g/mol. The maximum atomic E-state index is 15.0. The summed E-state index contributed by atoms with van der Waals surface area (Å²) in [7, 11) is 9.86. The van der Waals surface area contributed by atoms with Gasteiger partial charge in [0.2, 0.25) is 70.9 Å². The van der Waals surface area contributed by atoms with Gasteiger partial charge in [-0.3, -0.25) is 57.5 Å². The lowest BCUT2D eigenvalue weighted by Crippen LogP contribution is -2.62. The Morgan fingerprint density at radius 1 is 0.500 bits per heavy atom. The molecule has 0 aromatic heterocycles. The van der Waals surface area contributed by atoms with Gasteiger partial charge in [0.15, 0.2) is 0 Å². The van der Waals surface area contributed by atoms with Gasteiger partial charge in [-0.05, 0) is 89.7 Å². The number of hydrogen-bond donors (Lipinski definition) is 5. The fraction of sp³-hybridized carbons (Fsp3) is 0.631. The second-order valence-electron chi connectivity index (χ2n) is 25.1. The first kappa shape index (κ1) is 74.5. The van der Waals surface area contributed by atoms with Crippen molar-refractivity contribution in [2.24, 2.45) is 11.8 Å². The summed E-state index contributed by atoms with van der Waals surface area (Å²) in [5.74, 6) is -8.82. The SMILES string of the molecule is CC(C)C[C@H]1C(=O)N(C)[C@@H](C)C(=O)N[C@@H](C)C(=O)N[C@H](C(=O)N2CCCCC2)CC(=O)N(C)CCCC(=O)N(C)[C@@H](Cc2ccccc2)C(=O)N(C)[C@@H](C)C(=O)N[C@@H]([C@@H](C)O)C(=O)N(C)[C@@H](C)C(=O)N[C@@H](Cc2ccccc2)C(=O)N(C)[C@@H](C(C)C)C(=O)N1C. The average molecular weight is 1260 g/mol. The summed E-state index contributed by atoms with van der Waals surface area (Å²) in [5, 5.41) is 21.7. The van der Waals surface area contributed by atoms with E-state index in [0.29, 0.717) is 24.2 Å². The largest absolute Gasteiger partial charge is 0.391 e. The fourth-order valence-corrected chi connectivity index (χ4v) is 11.0. The molecule has 12 amide bonds. The minimum Gasteiger partial charge on any atom is -0.391 e. The molecule has 2 fully saturated rings. The monoisotopic (exact) mass is 1260 g/mol. The predicted molar refractivity (Wildman–Crippen MR) is 338 cm³/mol. The molecule has 0 radical (unpaired) electrons. The van der Waals surface area contributed by atoms with Crippen LogP contribution in [0.5, 0.6) is 0 Å². The first-order valence-corrected chi connectivity index (χ1v) is 31.3. The molecule has 0 aliphatic carbocycles. The number of aliphatic hydroxyl groups excluding tert-OH is 1. The normalized spacial score (nSPS) is 26.6. The van der Waals surface area contributed by atoms with E-state index in [1.165, 1.54) is 108 Å².